The Labute approximate surface area is 245 Å². The Hall–Kier alpha value is -4.77. The predicted molar refractivity (Wildman–Crippen MR) is 157 cm³/mol. The molecule has 216 valence electrons. The summed E-state index contributed by atoms with van der Waals surface area (Å²) >= 11 is 1.30. The first-order chi connectivity index (χ1) is 19.9. The summed E-state index contributed by atoms with van der Waals surface area (Å²) in [5.41, 5.74) is 0.142. The summed E-state index contributed by atoms with van der Waals surface area (Å²) in [6, 6.07) is 15.7. The number of carbonyl (C=O) groups excluding carboxylic acids is 2. The van der Waals surface area contributed by atoms with Gasteiger partial charge in [0.15, 0.2) is 5.76 Å². The fourth-order valence-corrected chi connectivity index (χ4v) is 7.13. The number of aliphatic carboxylic acids is 1. The molecule has 10 nitrogen and oxygen atoms in total. The summed E-state index contributed by atoms with van der Waals surface area (Å²) in [5.74, 6) is -3.49. The second-order valence-electron chi connectivity index (χ2n) is 10.7. The van der Waals surface area contributed by atoms with E-state index in [1.807, 2.05) is 31.4 Å². The van der Waals surface area contributed by atoms with Crippen LogP contribution in [0.5, 0.6) is 0 Å². The fourth-order valence-electron chi connectivity index (χ4n) is 5.94. The highest BCUT2D eigenvalue weighted by Gasteiger charge is 2.66. The third kappa shape index (κ3) is 4.85. The van der Waals surface area contributed by atoms with Crippen molar-refractivity contribution in [2.45, 2.75) is 45.2 Å². The van der Waals surface area contributed by atoms with E-state index in [1.165, 1.54) is 47.4 Å². The van der Waals surface area contributed by atoms with Gasteiger partial charge in [0.2, 0.25) is 5.78 Å². The molecule has 42 heavy (non-hydrogen) atoms. The molecule has 0 aliphatic carbocycles. The Kier molecular flexibility index (Phi) is 7.46. The Morgan fingerprint density at radius 1 is 1.05 bits per heavy atom. The minimum absolute atomic E-state index is 0.0146. The number of nitrogens with one attached hydrogen (secondary N) is 1. The number of nitrogens with zero attached hydrogens (tertiary/aromatic N) is 2. The average Bonchev–Trinajstić information content (AvgIpc) is 3.64. The number of urea groups is 1. The maximum absolute atomic E-state index is 14.4. The largest absolute Gasteiger partial charge is 0.479 e. The van der Waals surface area contributed by atoms with E-state index in [1.54, 1.807) is 37.3 Å². The van der Waals surface area contributed by atoms with E-state index in [9.17, 15) is 29.6 Å². The molecule has 0 radical (unpaired) electrons. The van der Waals surface area contributed by atoms with Gasteiger partial charge in [-0.3, -0.25) is 19.8 Å². The first-order valence-corrected chi connectivity index (χ1v) is 14.1. The summed E-state index contributed by atoms with van der Waals surface area (Å²) in [6.45, 7) is 6.80. The molecular formula is C31H29N3O7S. The van der Waals surface area contributed by atoms with Gasteiger partial charge < -0.3 is 14.8 Å². The molecule has 2 aromatic carbocycles. The number of carbonyl (C=O) groups is 3. The van der Waals surface area contributed by atoms with Crippen molar-refractivity contribution in [1.29, 1.82) is 0 Å². The molecule has 1 fully saturated rings. The SMILES string of the molecule is Cc1cccc(NC(=O)N2C(c3cccc([N+](=O)[O-])c3)C(C(=O)c3ccc(C)o3)C(c3sccc3C)C2(C)C(=O)O)c1. The smallest absolute Gasteiger partial charge is 0.330 e. The fraction of sp³-hybridized carbons (Fsp3) is 0.258. The maximum Gasteiger partial charge on any atom is 0.330 e. The number of thiophene rings is 1. The monoisotopic (exact) mass is 587 g/mol. The van der Waals surface area contributed by atoms with E-state index in [0.717, 1.165) is 11.1 Å². The molecule has 1 aliphatic heterocycles. The lowest BCUT2D eigenvalue weighted by Crippen LogP contribution is -2.55. The molecule has 2 N–H and O–H groups in total. The van der Waals surface area contributed by atoms with E-state index in [-0.39, 0.29) is 17.0 Å². The van der Waals surface area contributed by atoms with E-state index in [0.29, 0.717) is 16.3 Å². The number of furan rings is 1. The number of ketones is 1. The second-order valence-corrected chi connectivity index (χ2v) is 11.6. The van der Waals surface area contributed by atoms with Crippen molar-refractivity contribution in [2.24, 2.45) is 5.92 Å². The molecule has 0 spiro atoms. The average molecular weight is 588 g/mol. The van der Waals surface area contributed by atoms with Gasteiger partial charge in [0.1, 0.15) is 11.3 Å². The number of hydrogen-bond donors (Lipinski definition) is 2. The van der Waals surface area contributed by atoms with Gasteiger partial charge >= 0.3 is 12.0 Å². The highest BCUT2D eigenvalue weighted by molar-refractivity contribution is 7.10. The molecule has 11 heteroatoms. The maximum atomic E-state index is 14.4. The molecule has 1 aliphatic rings. The van der Waals surface area contributed by atoms with Crippen LogP contribution in [-0.2, 0) is 4.79 Å². The van der Waals surface area contributed by atoms with Crippen LogP contribution in [0.1, 0.15) is 56.8 Å². The van der Waals surface area contributed by atoms with Crippen molar-refractivity contribution in [3.05, 3.63) is 115 Å². The summed E-state index contributed by atoms with van der Waals surface area (Å²) in [6.07, 6.45) is 0. The third-order valence-electron chi connectivity index (χ3n) is 7.90. The van der Waals surface area contributed by atoms with Crippen LogP contribution in [0.4, 0.5) is 16.2 Å². The molecule has 1 saturated heterocycles. The van der Waals surface area contributed by atoms with Gasteiger partial charge in [-0.05, 0) is 80.1 Å². The Morgan fingerprint density at radius 3 is 2.38 bits per heavy atom. The minimum atomic E-state index is -1.94. The molecule has 4 atom stereocenters. The van der Waals surface area contributed by atoms with Crippen LogP contribution in [0, 0.1) is 36.8 Å². The van der Waals surface area contributed by atoms with Gasteiger partial charge in [-0.15, -0.1) is 11.3 Å². The number of hydrogen-bond acceptors (Lipinski definition) is 7. The summed E-state index contributed by atoms with van der Waals surface area (Å²) in [4.78, 5) is 55.0. The molecule has 4 aromatic rings. The molecular weight excluding hydrogens is 558 g/mol. The van der Waals surface area contributed by atoms with E-state index in [2.05, 4.69) is 5.32 Å². The number of anilines is 1. The zero-order chi connectivity index (χ0) is 30.3. The quantitative estimate of drug-likeness (QED) is 0.136. The highest BCUT2D eigenvalue weighted by Crippen LogP contribution is 2.58. The van der Waals surface area contributed by atoms with Gasteiger partial charge in [0, 0.05) is 28.6 Å². The van der Waals surface area contributed by atoms with E-state index in [4.69, 9.17) is 4.42 Å². The van der Waals surface area contributed by atoms with Crippen molar-refractivity contribution in [3.8, 4) is 0 Å². The minimum Gasteiger partial charge on any atom is -0.479 e. The van der Waals surface area contributed by atoms with Gasteiger partial charge in [-0.1, -0.05) is 24.3 Å². The lowest BCUT2D eigenvalue weighted by molar-refractivity contribution is -0.385. The van der Waals surface area contributed by atoms with Crippen LogP contribution in [0.15, 0.2) is 76.5 Å². The lowest BCUT2D eigenvalue weighted by Gasteiger charge is -2.37. The summed E-state index contributed by atoms with van der Waals surface area (Å²) < 4.78 is 5.71. The van der Waals surface area contributed by atoms with Crippen molar-refractivity contribution >= 4 is 40.5 Å². The van der Waals surface area contributed by atoms with Gasteiger partial charge in [0.05, 0.1) is 16.9 Å². The predicted octanol–water partition coefficient (Wildman–Crippen LogP) is 6.89. The van der Waals surface area contributed by atoms with E-state index >= 15 is 0 Å². The number of carboxylic acid groups (broad SMARTS) is 1. The van der Waals surface area contributed by atoms with Crippen LogP contribution < -0.4 is 5.32 Å². The zero-order valence-electron chi connectivity index (χ0n) is 23.4. The lowest BCUT2D eigenvalue weighted by atomic mass is 9.74. The number of likely N-dealkylation sites (tertiary alicyclic amines) is 1. The number of benzene rings is 2. The van der Waals surface area contributed by atoms with Crippen molar-refractivity contribution in [2.75, 3.05) is 5.32 Å². The normalized spacial score (nSPS) is 21.7. The van der Waals surface area contributed by atoms with Crippen molar-refractivity contribution < 1.29 is 28.8 Å². The second kappa shape index (κ2) is 10.9. The van der Waals surface area contributed by atoms with Gasteiger partial charge in [-0.2, -0.15) is 0 Å². The Balaban J connectivity index is 1.79. The number of aryl methyl sites for hydroxylation is 3. The molecule has 0 bridgehead atoms. The molecule has 2 amide bonds. The van der Waals surface area contributed by atoms with Crippen LogP contribution in [0.3, 0.4) is 0 Å². The van der Waals surface area contributed by atoms with Crippen molar-refractivity contribution in [1.82, 2.24) is 4.90 Å². The number of nitro benzene ring substituents is 1. The van der Waals surface area contributed by atoms with Crippen LogP contribution in [0.25, 0.3) is 0 Å². The number of non-ortho nitro benzene ring substituents is 1. The zero-order valence-corrected chi connectivity index (χ0v) is 24.2. The standard InChI is InChI=1S/C31H29N3O7S/c1-17-7-5-9-21(15-17)32-30(38)33-26(20-8-6-10-22(16-20)34(39)40)24(27(35)23-12-11-19(3)41-23)25(31(33,4)29(36)37)28-18(2)13-14-42-28/h5-16,24-26H,1-4H3,(H,32,38)(H,36,37). The highest BCUT2D eigenvalue weighted by atomic mass is 32.1. The third-order valence-corrected chi connectivity index (χ3v) is 9.00. The Bertz CT molecular complexity index is 1710. The van der Waals surface area contributed by atoms with Crippen molar-refractivity contribution in [3.63, 3.8) is 0 Å². The summed E-state index contributed by atoms with van der Waals surface area (Å²) in [5, 5.41) is 27.3. The van der Waals surface area contributed by atoms with Crippen LogP contribution in [0.2, 0.25) is 0 Å². The first kappa shape index (κ1) is 28.7. The number of nitro groups is 1. The van der Waals surface area contributed by atoms with E-state index < -0.39 is 46.1 Å². The van der Waals surface area contributed by atoms with Crippen LogP contribution >= 0.6 is 11.3 Å². The number of amides is 2. The number of Topliss-reactive ketones (excluding diaryl/α,β-unsaturated/α-hetero) is 1. The first-order valence-electron chi connectivity index (χ1n) is 13.2. The molecule has 5 rings (SSSR count). The van der Waals surface area contributed by atoms with Crippen LogP contribution in [-0.4, -0.2) is 38.3 Å². The molecule has 3 heterocycles. The molecule has 0 saturated carbocycles. The molecule has 2 aromatic heterocycles. The van der Waals surface area contributed by atoms with Gasteiger partial charge in [0.25, 0.3) is 5.69 Å². The number of rotatable bonds is 7. The summed E-state index contributed by atoms with van der Waals surface area (Å²) in [7, 11) is 0. The Morgan fingerprint density at radius 2 is 1.79 bits per heavy atom. The molecule has 4 unspecified atom stereocenters. The van der Waals surface area contributed by atoms with Gasteiger partial charge in [-0.25, -0.2) is 9.59 Å². The number of carboxylic acids is 1. The topological polar surface area (TPSA) is 143 Å².